The SMILES string of the molecule is Cl.FC(F)(F)c1nnc(N2CCCN(Cc3cccc4c3NCC4)CC2)s1. The summed E-state index contributed by atoms with van der Waals surface area (Å²) in [6, 6.07) is 6.42. The molecule has 1 saturated heterocycles. The van der Waals surface area contributed by atoms with Gasteiger partial charge in [-0.05, 0) is 24.0 Å². The Labute approximate surface area is 166 Å². The predicted molar refractivity (Wildman–Crippen MR) is 103 cm³/mol. The van der Waals surface area contributed by atoms with Crippen LogP contribution >= 0.6 is 23.7 Å². The first-order valence-corrected chi connectivity index (χ1v) is 9.55. The van der Waals surface area contributed by atoms with E-state index in [2.05, 4.69) is 38.6 Å². The van der Waals surface area contributed by atoms with Crippen molar-refractivity contribution in [3.63, 3.8) is 0 Å². The lowest BCUT2D eigenvalue weighted by Gasteiger charge is -2.22. The number of nitrogens with zero attached hydrogens (tertiary/aromatic N) is 4. The van der Waals surface area contributed by atoms with E-state index < -0.39 is 11.2 Å². The van der Waals surface area contributed by atoms with Crippen LogP contribution in [0.5, 0.6) is 0 Å². The van der Waals surface area contributed by atoms with Crippen molar-refractivity contribution < 1.29 is 13.2 Å². The summed E-state index contributed by atoms with van der Waals surface area (Å²) < 4.78 is 38.2. The van der Waals surface area contributed by atoms with Crippen molar-refractivity contribution >= 4 is 34.6 Å². The second kappa shape index (κ2) is 8.20. The van der Waals surface area contributed by atoms with E-state index in [0.717, 1.165) is 39.0 Å². The third-order valence-electron chi connectivity index (χ3n) is 4.84. The Morgan fingerprint density at radius 2 is 1.96 bits per heavy atom. The summed E-state index contributed by atoms with van der Waals surface area (Å²) in [7, 11) is 0. The molecule has 27 heavy (non-hydrogen) atoms. The quantitative estimate of drug-likeness (QED) is 0.822. The molecule has 1 aromatic carbocycles. The number of benzene rings is 1. The molecule has 148 valence electrons. The number of hydrogen-bond donors (Lipinski definition) is 1. The Morgan fingerprint density at radius 3 is 2.74 bits per heavy atom. The molecule has 2 aliphatic heterocycles. The molecular formula is C17H21ClF3N5S. The molecule has 1 aromatic heterocycles. The topological polar surface area (TPSA) is 44.3 Å². The number of para-hydroxylation sites is 1. The largest absolute Gasteiger partial charge is 0.445 e. The maximum absolute atomic E-state index is 12.7. The molecule has 1 fully saturated rings. The van der Waals surface area contributed by atoms with E-state index in [1.807, 2.05) is 4.90 Å². The van der Waals surface area contributed by atoms with Crippen molar-refractivity contribution in [2.75, 3.05) is 42.9 Å². The Bertz CT molecular complexity index is 782. The van der Waals surface area contributed by atoms with E-state index in [0.29, 0.717) is 29.6 Å². The van der Waals surface area contributed by atoms with Crippen molar-refractivity contribution in [3.8, 4) is 0 Å². The summed E-state index contributed by atoms with van der Waals surface area (Å²) in [6.07, 6.45) is -2.46. The zero-order valence-electron chi connectivity index (χ0n) is 14.6. The smallest absolute Gasteiger partial charge is 0.384 e. The summed E-state index contributed by atoms with van der Waals surface area (Å²) in [6.45, 7) is 4.92. The fraction of sp³-hybridized carbons (Fsp3) is 0.529. The molecular weight excluding hydrogens is 399 g/mol. The minimum absolute atomic E-state index is 0. The van der Waals surface area contributed by atoms with Gasteiger partial charge in [0.2, 0.25) is 10.1 Å². The van der Waals surface area contributed by atoms with Gasteiger partial charge in [-0.25, -0.2) is 0 Å². The van der Waals surface area contributed by atoms with Gasteiger partial charge in [-0.1, -0.05) is 29.5 Å². The van der Waals surface area contributed by atoms with Gasteiger partial charge in [0.15, 0.2) is 0 Å². The molecule has 0 amide bonds. The van der Waals surface area contributed by atoms with Crippen LogP contribution in [0.4, 0.5) is 24.0 Å². The van der Waals surface area contributed by atoms with Crippen LogP contribution in [0.15, 0.2) is 18.2 Å². The van der Waals surface area contributed by atoms with Crippen LogP contribution in [0.1, 0.15) is 22.6 Å². The molecule has 3 heterocycles. The van der Waals surface area contributed by atoms with Crippen molar-refractivity contribution in [3.05, 3.63) is 34.3 Å². The van der Waals surface area contributed by atoms with E-state index in [1.54, 1.807) is 0 Å². The third kappa shape index (κ3) is 4.47. The van der Waals surface area contributed by atoms with E-state index in [4.69, 9.17) is 0 Å². The lowest BCUT2D eigenvalue weighted by Crippen LogP contribution is -2.30. The van der Waals surface area contributed by atoms with Gasteiger partial charge >= 0.3 is 6.18 Å². The number of fused-ring (bicyclic) bond motifs is 1. The monoisotopic (exact) mass is 419 g/mol. The Balaban J connectivity index is 0.00000210. The zero-order chi connectivity index (χ0) is 18.1. The third-order valence-corrected chi connectivity index (χ3v) is 5.87. The molecule has 1 N–H and O–H groups in total. The van der Waals surface area contributed by atoms with Gasteiger partial charge in [0.05, 0.1) is 0 Å². The number of halogens is 4. The first-order chi connectivity index (χ1) is 12.5. The lowest BCUT2D eigenvalue weighted by atomic mass is 10.1. The highest BCUT2D eigenvalue weighted by molar-refractivity contribution is 7.15. The van der Waals surface area contributed by atoms with E-state index in [-0.39, 0.29) is 12.4 Å². The molecule has 0 saturated carbocycles. The van der Waals surface area contributed by atoms with Crippen LogP contribution in [0.3, 0.4) is 0 Å². The van der Waals surface area contributed by atoms with Crippen molar-refractivity contribution in [1.29, 1.82) is 0 Å². The van der Waals surface area contributed by atoms with Crippen LogP contribution in [0.25, 0.3) is 0 Å². The van der Waals surface area contributed by atoms with E-state index in [9.17, 15) is 13.2 Å². The predicted octanol–water partition coefficient (Wildman–Crippen LogP) is 3.66. The number of aromatic nitrogens is 2. The second-order valence-electron chi connectivity index (χ2n) is 6.63. The van der Waals surface area contributed by atoms with Crippen molar-refractivity contribution in [2.45, 2.75) is 25.6 Å². The maximum Gasteiger partial charge on any atom is 0.445 e. The molecule has 0 aliphatic carbocycles. The highest BCUT2D eigenvalue weighted by atomic mass is 35.5. The summed E-state index contributed by atoms with van der Waals surface area (Å²) in [5.41, 5.74) is 3.92. The number of anilines is 2. The summed E-state index contributed by atoms with van der Waals surface area (Å²) >= 11 is 0.627. The first kappa shape index (κ1) is 20.2. The zero-order valence-corrected chi connectivity index (χ0v) is 16.3. The number of hydrogen-bond acceptors (Lipinski definition) is 6. The van der Waals surface area contributed by atoms with Crippen LogP contribution < -0.4 is 10.2 Å². The Morgan fingerprint density at radius 1 is 1.11 bits per heavy atom. The van der Waals surface area contributed by atoms with Gasteiger partial charge in [0.1, 0.15) is 0 Å². The minimum atomic E-state index is -4.42. The average molecular weight is 420 g/mol. The summed E-state index contributed by atoms with van der Waals surface area (Å²) in [5.74, 6) is 0. The number of nitrogens with one attached hydrogen (secondary N) is 1. The molecule has 5 nitrogen and oxygen atoms in total. The van der Waals surface area contributed by atoms with Crippen LogP contribution in [-0.4, -0.2) is 47.8 Å². The molecule has 0 unspecified atom stereocenters. The fourth-order valence-electron chi connectivity index (χ4n) is 3.56. The molecule has 2 aromatic rings. The fourth-order valence-corrected chi connectivity index (χ4v) is 4.33. The standard InChI is InChI=1S/C17H20F3N5S.ClH/c18-17(19,20)15-22-23-16(26-15)25-8-2-7-24(9-10-25)11-13-4-1-3-12-5-6-21-14(12)13;/h1,3-4,21H,2,5-11H2;1H. The second-order valence-corrected chi connectivity index (χ2v) is 7.59. The van der Waals surface area contributed by atoms with E-state index in [1.165, 1.54) is 16.8 Å². The van der Waals surface area contributed by atoms with Gasteiger partial charge < -0.3 is 10.2 Å². The highest BCUT2D eigenvalue weighted by Crippen LogP contribution is 2.34. The minimum Gasteiger partial charge on any atom is -0.384 e. The first-order valence-electron chi connectivity index (χ1n) is 8.73. The molecule has 0 radical (unpaired) electrons. The van der Waals surface area contributed by atoms with Gasteiger partial charge in [-0.15, -0.1) is 22.6 Å². The van der Waals surface area contributed by atoms with Crippen LogP contribution in [0, 0.1) is 0 Å². The Hall–Kier alpha value is -1.58. The van der Waals surface area contributed by atoms with Gasteiger partial charge in [-0.3, -0.25) is 4.90 Å². The van der Waals surface area contributed by atoms with Gasteiger partial charge in [0.25, 0.3) is 0 Å². The van der Waals surface area contributed by atoms with Crippen LogP contribution in [0.2, 0.25) is 0 Å². The molecule has 2 aliphatic rings. The molecule has 0 atom stereocenters. The van der Waals surface area contributed by atoms with Crippen molar-refractivity contribution in [2.24, 2.45) is 0 Å². The normalized spacial score (nSPS) is 17.8. The number of rotatable bonds is 3. The molecule has 0 bridgehead atoms. The number of alkyl halides is 3. The summed E-state index contributed by atoms with van der Waals surface area (Å²) in [4.78, 5) is 4.28. The van der Waals surface area contributed by atoms with E-state index >= 15 is 0 Å². The maximum atomic E-state index is 12.7. The molecule has 0 spiro atoms. The van der Waals surface area contributed by atoms with Gasteiger partial charge in [-0.2, -0.15) is 13.2 Å². The highest BCUT2D eigenvalue weighted by Gasteiger charge is 2.36. The average Bonchev–Trinajstić information content (AvgIpc) is 3.22. The Kier molecular flexibility index (Phi) is 6.12. The van der Waals surface area contributed by atoms with Gasteiger partial charge in [0, 0.05) is 45.0 Å². The molecule has 4 rings (SSSR count). The van der Waals surface area contributed by atoms with Crippen LogP contribution in [-0.2, 0) is 19.1 Å². The lowest BCUT2D eigenvalue weighted by molar-refractivity contribution is -0.138. The summed E-state index contributed by atoms with van der Waals surface area (Å²) in [5, 5.41) is 10.0. The molecule has 10 heteroatoms. The van der Waals surface area contributed by atoms with Crippen molar-refractivity contribution in [1.82, 2.24) is 15.1 Å².